The Morgan fingerprint density at radius 3 is 2.73 bits per heavy atom. The van der Waals surface area contributed by atoms with Gasteiger partial charge in [-0.25, -0.2) is 0 Å². The van der Waals surface area contributed by atoms with E-state index in [1.165, 1.54) is 0 Å². The highest BCUT2D eigenvalue weighted by atomic mass is 16.6. The van der Waals surface area contributed by atoms with Gasteiger partial charge in [-0.3, -0.25) is 9.78 Å². The Balaban J connectivity index is 1.53. The molecule has 0 amide bonds. The van der Waals surface area contributed by atoms with E-state index in [2.05, 4.69) is 15.1 Å². The minimum Gasteiger partial charge on any atom is -0.497 e. The van der Waals surface area contributed by atoms with Gasteiger partial charge in [0.25, 0.3) is 5.89 Å². The van der Waals surface area contributed by atoms with Crippen LogP contribution in [0, 0.1) is 0 Å². The molecule has 1 unspecified atom stereocenters. The summed E-state index contributed by atoms with van der Waals surface area (Å²) in [5.41, 5.74) is 1.77. The van der Waals surface area contributed by atoms with Crippen LogP contribution in [0.5, 0.6) is 5.75 Å². The Morgan fingerprint density at radius 2 is 2.04 bits per heavy atom. The summed E-state index contributed by atoms with van der Waals surface area (Å²) in [6, 6.07) is 11.2. The van der Waals surface area contributed by atoms with E-state index in [1.807, 2.05) is 30.3 Å². The second kappa shape index (κ2) is 8.24. The third-order valence-electron chi connectivity index (χ3n) is 3.79. The van der Waals surface area contributed by atoms with Crippen LogP contribution in [0.15, 0.2) is 53.3 Å². The molecule has 1 atom stereocenters. The van der Waals surface area contributed by atoms with Gasteiger partial charge >= 0.3 is 5.97 Å². The maximum Gasteiger partial charge on any atom is 0.306 e. The molecule has 0 aliphatic rings. The molecule has 3 rings (SSSR count). The molecule has 3 aromatic rings. The number of hydrogen-bond acceptors (Lipinski definition) is 7. The van der Waals surface area contributed by atoms with E-state index < -0.39 is 6.10 Å². The topological polar surface area (TPSA) is 87.3 Å². The van der Waals surface area contributed by atoms with Crippen LogP contribution in [-0.2, 0) is 16.0 Å². The number of carbonyl (C=O) groups excluding carboxylic acids is 1. The van der Waals surface area contributed by atoms with E-state index >= 15 is 0 Å². The smallest absolute Gasteiger partial charge is 0.306 e. The molecule has 2 heterocycles. The van der Waals surface area contributed by atoms with Crippen molar-refractivity contribution in [2.45, 2.75) is 25.9 Å². The second-order valence-corrected chi connectivity index (χ2v) is 5.68. The lowest BCUT2D eigenvalue weighted by Crippen LogP contribution is -2.10. The van der Waals surface area contributed by atoms with Gasteiger partial charge in [0.2, 0.25) is 5.82 Å². The third kappa shape index (κ3) is 4.44. The number of pyridine rings is 1. The Morgan fingerprint density at radius 1 is 1.23 bits per heavy atom. The maximum atomic E-state index is 12.1. The van der Waals surface area contributed by atoms with E-state index in [0.29, 0.717) is 12.2 Å². The van der Waals surface area contributed by atoms with Gasteiger partial charge in [0.1, 0.15) is 5.75 Å². The van der Waals surface area contributed by atoms with Crippen LogP contribution in [0.4, 0.5) is 0 Å². The summed E-state index contributed by atoms with van der Waals surface area (Å²) in [7, 11) is 1.62. The van der Waals surface area contributed by atoms with Gasteiger partial charge in [-0.1, -0.05) is 17.3 Å². The Bertz CT molecular complexity index is 847. The van der Waals surface area contributed by atoms with E-state index in [9.17, 15) is 4.79 Å². The number of aromatic nitrogens is 3. The van der Waals surface area contributed by atoms with Crippen LogP contribution < -0.4 is 4.74 Å². The lowest BCUT2D eigenvalue weighted by molar-refractivity contribution is -0.149. The minimum absolute atomic E-state index is 0.252. The summed E-state index contributed by atoms with van der Waals surface area (Å²) in [6.45, 7) is 1.70. The molecule has 0 fully saturated rings. The molecular weight excluding hydrogens is 334 g/mol. The summed E-state index contributed by atoms with van der Waals surface area (Å²) < 4.78 is 15.7. The molecule has 0 spiro atoms. The Kier molecular flexibility index (Phi) is 5.58. The van der Waals surface area contributed by atoms with Gasteiger partial charge < -0.3 is 14.0 Å². The lowest BCUT2D eigenvalue weighted by Gasteiger charge is -2.09. The van der Waals surface area contributed by atoms with Crippen molar-refractivity contribution in [3.63, 3.8) is 0 Å². The summed E-state index contributed by atoms with van der Waals surface area (Å²) in [5, 5.41) is 3.90. The van der Waals surface area contributed by atoms with Gasteiger partial charge in [-0.05, 0) is 43.2 Å². The van der Waals surface area contributed by atoms with E-state index in [0.717, 1.165) is 16.9 Å². The van der Waals surface area contributed by atoms with Crippen molar-refractivity contribution in [3.8, 4) is 17.1 Å². The number of benzene rings is 1. The van der Waals surface area contributed by atoms with Crippen molar-refractivity contribution in [2.24, 2.45) is 0 Å². The lowest BCUT2D eigenvalue weighted by atomic mass is 10.1. The number of ether oxygens (including phenoxy) is 2. The van der Waals surface area contributed by atoms with Crippen LogP contribution in [-0.4, -0.2) is 28.2 Å². The molecule has 0 bridgehead atoms. The Labute approximate surface area is 151 Å². The molecule has 0 aliphatic heterocycles. The fourth-order valence-electron chi connectivity index (χ4n) is 2.36. The molecule has 2 aromatic heterocycles. The first-order valence-electron chi connectivity index (χ1n) is 8.22. The zero-order chi connectivity index (χ0) is 18.4. The standard InChI is InChI=1S/C19H19N3O4/c1-13(19-21-18(22-26-19)15-4-3-11-20-12-15)25-17(23)10-7-14-5-8-16(24-2)9-6-14/h3-6,8-9,11-13H,7,10H2,1-2H3. The Hall–Kier alpha value is -3.22. The molecule has 7 heteroatoms. The zero-order valence-electron chi connectivity index (χ0n) is 14.6. The SMILES string of the molecule is COc1ccc(CCC(=O)OC(C)c2nc(-c3cccnc3)no2)cc1. The number of nitrogens with zero attached hydrogens (tertiary/aromatic N) is 3. The summed E-state index contributed by atoms with van der Waals surface area (Å²) in [5.74, 6) is 1.12. The number of carbonyl (C=O) groups is 1. The fraction of sp³-hybridized carbons (Fsp3) is 0.263. The predicted octanol–water partition coefficient (Wildman–Crippen LogP) is 3.38. The molecule has 7 nitrogen and oxygen atoms in total. The molecular formula is C19H19N3O4. The van der Waals surface area contributed by atoms with Gasteiger partial charge in [-0.2, -0.15) is 4.98 Å². The van der Waals surface area contributed by atoms with Gasteiger partial charge in [0, 0.05) is 24.4 Å². The molecule has 0 aliphatic carbocycles. The van der Waals surface area contributed by atoms with Crippen molar-refractivity contribution >= 4 is 5.97 Å². The molecule has 0 N–H and O–H groups in total. The highest BCUT2D eigenvalue weighted by Crippen LogP contribution is 2.20. The molecule has 0 saturated heterocycles. The molecule has 0 saturated carbocycles. The van der Waals surface area contributed by atoms with Crippen molar-refractivity contribution < 1.29 is 18.8 Å². The van der Waals surface area contributed by atoms with E-state index in [-0.39, 0.29) is 18.3 Å². The number of aryl methyl sites for hydroxylation is 1. The molecule has 1 aromatic carbocycles. The summed E-state index contributed by atoms with van der Waals surface area (Å²) in [6.07, 6.45) is 3.54. The summed E-state index contributed by atoms with van der Waals surface area (Å²) >= 11 is 0. The van der Waals surface area contributed by atoms with Crippen molar-refractivity contribution in [1.82, 2.24) is 15.1 Å². The predicted molar refractivity (Wildman–Crippen MR) is 93.4 cm³/mol. The van der Waals surface area contributed by atoms with Gasteiger partial charge in [-0.15, -0.1) is 0 Å². The van der Waals surface area contributed by atoms with Crippen molar-refractivity contribution in [2.75, 3.05) is 7.11 Å². The zero-order valence-corrected chi connectivity index (χ0v) is 14.6. The quantitative estimate of drug-likeness (QED) is 0.602. The minimum atomic E-state index is -0.615. The van der Waals surface area contributed by atoms with Gasteiger partial charge in [0.15, 0.2) is 6.10 Å². The number of methoxy groups -OCH3 is 1. The average molecular weight is 353 g/mol. The maximum absolute atomic E-state index is 12.1. The highest BCUT2D eigenvalue weighted by Gasteiger charge is 2.19. The van der Waals surface area contributed by atoms with Crippen molar-refractivity contribution in [1.29, 1.82) is 0 Å². The number of rotatable bonds is 7. The van der Waals surface area contributed by atoms with Crippen LogP contribution in [0.2, 0.25) is 0 Å². The fourth-order valence-corrected chi connectivity index (χ4v) is 2.36. The normalized spacial score (nSPS) is 11.8. The largest absolute Gasteiger partial charge is 0.497 e. The molecule has 26 heavy (non-hydrogen) atoms. The second-order valence-electron chi connectivity index (χ2n) is 5.68. The summed E-state index contributed by atoms with van der Waals surface area (Å²) in [4.78, 5) is 20.3. The average Bonchev–Trinajstić information content (AvgIpc) is 3.18. The highest BCUT2D eigenvalue weighted by molar-refractivity contribution is 5.70. The van der Waals surface area contributed by atoms with Crippen LogP contribution in [0.25, 0.3) is 11.4 Å². The van der Waals surface area contributed by atoms with E-state index in [1.54, 1.807) is 32.5 Å². The first-order chi connectivity index (χ1) is 12.7. The molecule has 0 radical (unpaired) electrons. The van der Waals surface area contributed by atoms with Crippen LogP contribution >= 0.6 is 0 Å². The monoisotopic (exact) mass is 353 g/mol. The van der Waals surface area contributed by atoms with Crippen molar-refractivity contribution in [3.05, 3.63) is 60.2 Å². The third-order valence-corrected chi connectivity index (χ3v) is 3.79. The first kappa shape index (κ1) is 17.6. The van der Waals surface area contributed by atoms with Crippen LogP contribution in [0.1, 0.15) is 30.9 Å². The number of hydrogen-bond donors (Lipinski definition) is 0. The van der Waals surface area contributed by atoms with Gasteiger partial charge in [0.05, 0.1) is 7.11 Å². The van der Waals surface area contributed by atoms with Crippen LogP contribution in [0.3, 0.4) is 0 Å². The molecule has 134 valence electrons. The number of esters is 1. The first-order valence-corrected chi connectivity index (χ1v) is 8.22. The van der Waals surface area contributed by atoms with E-state index in [4.69, 9.17) is 14.0 Å².